The molecule has 132 valence electrons. The van der Waals surface area contributed by atoms with Gasteiger partial charge in [-0.2, -0.15) is 0 Å². The second-order valence-electron chi connectivity index (χ2n) is 6.16. The van der Waals surface area contributed by atoms with E-state index in [4.69, 9.17) is 4.74 Å². The molecular formula is C23H24AsO2+. The Hall–Kier alpha value is -2.31. The van der Waals surface area contributed by atoms with Crippen LogP contribution in [0.1, 0.15) is 13.8 Å². The monoisotopic (exact) mass is 407 g/mol. The molecule has 3 rings (SSSR count). The molecule has 0 aliphatic rings. The van der Waals surface area contributed by atoms with Gasteiger partial charge in [-0.15, -0.1) is 0 Å². The molecule has 0 heterocycles. The van der Waals surface area contributed by atoms with Crippen LogP contribution < -0.4 is 13.1 Å². The molecule has 0 fully saturated rings. The molecule has 0 N–H and O–H groups in total. The Bertz CT molecular complexity index is 735. The van der Waals surface area contributed by atoms with E-state index in [1.54, 1.807) is 0 Å². The summed E-state index contributed by atoms with van der Waals surface area (Å²) < 4.78 is 9.03. The van der Waals surface area contributed by atoms with Crippen LogP contribution in [0.3, 0.4) is 0 Å². The van der Waals surface area contributed by atoms with Crippen LogP contribution in [0.2, 0.25) is 4.71 Å². The van der Waals surface area contributed by atoms with E-state index in [0.717, 1.165) is 0 Å². The Balaban J connectivity index is 2.33. The van der Waals surface area contributed by atoms with E-state index in [1.165, 1.54) is 13.1 Å². The van der Waals surface area contributed by atoms with Crippen LogP contribution in [-0.4, -0.2) is 26.1 Å². The minimum atomic E-state index is -3.07. The van der Waals surface area contributed by atoms with Crippen molar-refractivity contribution in [2.75, 3.05) is 6.61 Å². The first kappa shape index (κ1) is 18.5. The normalized spacial score (nSPS) is 12.4. The van der Waals surface area contributed by atoms with E-state index in [0.29, 0.717) is 6.61 Å². The standard InChI is InChI=1S/C23H24AsO2/c1-3-26-23(25)19(2)24(20-13-7-4-8-14-20,21-15-9-5-10-16-21)22-17-11-6-12-18-22/h4-19H,3H2,1-2H3/q+1. The topological polar surface area (TPSA) is 26.3 Å². The van der Waals surface area contributed by atoms with Crippen LogP contribution in [0.5, 0.6) is 0 Å². The van der Waals surface area contributed by atoms with E-state index in [1.807, 2.05) is 32.0 Å². The molecule has 0 spiro atoms. The maximum atomic E-state index is 12.9. The Morgan fingerprint density at radius 3 is 1.42 bits per heavy atom. The Kier molecular flexibility index (Phi) is 5.96. The molecule has 1 atom stereocenters. The second kappa shape index (κ2) is 8.38. The summed E-state index contributed by atoms with van der Waals surface area (Å²) in [5.74, 6) is -0.114. The average molecular weight is 407 g/mol. The van der Waals surface area contributed by atoms with E-state index < -0.39 is 13.6 Å². The summed E-state index contributed by atoms with van der Waals surface area (Å²) in [6, 6.07) is 31.5. The number of carbonyl (C=O) groups excluding carboxylic acids is 1. The summed E-state index contributed by atoms with van der Waals surface area (Å²) in [5.41, 5.74) is 0. The Labute approximate surface area is 158 Å². The molecule has 0 aliphatic carbocycles. The zero-order valence-corrected chi connectivity index (χ0v) is 17.1. The van der Waals surface area contributed by atoms with Gasteiger partial charge in [-0.05, 0) is 0 Å². The van der Waals surface area contributed by atoms with Crippen molar-refractivity contribution >= 4 is 32.6 Å². The third kappa shape index (κ3) is 3.34. The molecule has 2 nitrogen and oxygen atoms in total. The van der Waals surface area contributed by atoms with Crippen LogP contribution >= 0.6 is 0 Å². The zero-order valence-electron chi connectivity index (χ0n) is 15.2. The van der Waals surface area contributed by atoms with Gasteiger partial charge in [0.25, 0.3) is 0 Å². The van der Waals surface area contributed by atoms with Crippen molar-refractivity contribution in [3.63, 3.8) is 0 Å². The van der Waals surface area contributed by atoms with Gasteiger partial charge in [-0.1, -0.05) is 0 Å². The summed E-state index contributed by atoms with van der Waals surface area (Å²) >= 11 is -3.07. The molecule has 3 aromatic rings. The molecule has 0 saturated carbocycles. The predicted octanol–water partition coefficient (Wildman–Crippen LogP) is 3.11. The van der Waals surface area contributed by atoms with Gasteiger partial charge in [0.15, 0.2) is 0 Å². The van der Waals surface area contributed by atoms with Crippen LogP contribution in [-0.2, 0) is 9.53 Å². The maximum absolute atomic E-state index is 12.9. The van der Waals surface area contributed by atoms with E-state index in [9.17, 15) is 4.79 Å². The van der Waals surface area contributed by atoms with Gasteiger partial charge in [0, 0.05) is 0 Å². The van der Waals surface area contributed by atoms with Gasteiger partial charge in [-0.25, -0.2) is 0 Å². The molecule has 1 unspecified atom stereocenters. The van der Waals surface area contributed by atoms with Gasteiger partial charge < -0.3 is 0 Å². The molecule has 0 aliphatic heterocycles. The molecule has 0 bridgehead atoms. The van der Waals surface area contributed by atoms with Gasteiger partial charge in [-0.3, -0.25) is 0 Å². The van der Waals surface area contributed by atoms with Crippen LogP contribution in [0.25, 0.3) is 0 Å². The summed E-state index contributed by atoms with van der Waals surface area (Å²) in [7, 11) is 0. The first-order valence-electron chi connectivity index (χ1n) is 8.93. The van der Waals surface area contributed by atoms with Gasteiger partial charge in [0.05, 0.1) is 0 Å². The quantitative estimate of drug-likeness (QED) is 0.464. The Morgan fingerprint density at radius 1 is 0.769 bits per heavy atom. The molecule has 0 radical (unpaired) electrons. The van der Waals surface area contributed by atoms with Crippen molar-refractivity contribution in [3.8, 4) is 0 Å². The predicted molar refractivity (Wildman–Crippen MR) is 110 cm³/mol. The summed E-state index contributed by atoms with van der Waals surface area (Å²) in [6.45, 7) is 4.31. The first-order valence-corrected chi connectivity index (χ1v) is 12.8. The van der Waals surface area contributed by atoms with E-state index in [2.05, 4.69) is 72.8 Å². The number of carbonyl (C=O) groups is 1. The number of esters is 1. The van der Waals surface area contributed by atoms with Gasteiger partial charge >= 0.3 is 158 Å². The molecule has 3 heteroatoms. The number of rotatable bonds is 6. The van der Waals surface area contributed by atoms with Crippen molar-refractivity contribution in [2.45, 2.75) is 18.6 Å². The van der Waals surface area contributed by atoms with Gasteiger partial charge in [0.1, 0.15) is 0 Å². The molecule has 0 amide bonds. The fraction of sp³-hybridized carbons (Fsp3) is 0.174. The summed E-state index contributed by atoms with van der Waals surface area (Å²) in [5, 5.41) is 0. The zero-order chi connectivity index (χ0) is 18.4. The number of ether oxygens (including phenoxy) is 1. The average Bonchev–Trinajstić information content (AvgIpc) is 2.71. The SMILES string of the molecule is CCOC(=O)C(C)[As+](c1ccccc1)(c1ccccc1)c1ccccc1. The fourth-order valence-corrected chi connectivity index (χ4v) is 13.1. The van der Waals surface area contributed by atoms with Crippen LogP contribution in [0, 0.1) is 0 Å². The van der Waals surface area contributed by atoms with Crippen molar-refractivity contribution < 1.29 is 9.53 Å². The summed E-state index contributed by atoms with van der Waals surface area (Å²) in [6.07, 6.45) is 0. The molecular weight excluding hydrogens is 383 g/mol. The van der Waals surface area contributed by atoms with E-state index in [-0.39, 0.29) is 10.7 Å². The number of benzene rings is 3. The Morgan fingerprint density at radius 2 is 1.12 bits per heavy atom. The van der Waals surface area contributed by atoms with Crippen LogP contribution in [0.4, 0.5) is 0 Å². The van der Waals surface area contributed by atoms with E-state index >= 15 is 0 Å². The van der Waals surface area contributed by atoms with Crippen molar-refractivity contribution in [2.24, 2.45) is 0 Å². The molecule has 26 heavy (non-hydrogen) atoms. The third-order valence-corrected chi connectivity index (χ3v) is 14.6. The fourth-order valence-electron chi connectivity index (χ4n) is 3.53. The number of hydrogen-bond acceptors (Lipinski definition) is 2. The second-order valence-corrected chi connectivity index (χ2v) is 14.1. The van der Waals surface area contributed by atoms with Crippen molar-refractivity contribution in [1.29, 1.82) is 0 Å². The van der Waals surface area contributed by atoms with Crippen molar-refractivity contribution in [3.05, 3.63) is 91.0 Å². The van der Waals surface area contributed by atoms with Gasteiger partial charge in [0.2, 0.25) is 0 Å². The number of hydrogen-bond donors (Lipinski definition) is 0. The first-order chi connectivity index (χ1) is 12.7. The molecule has 0 aromatic heterocycles. The third-order valence-electron chi connectivity index (χ3n) is 4.70. The minimum absolute atomic E-state index is 0.114. The summed E-state index contributed by atoms with van der Waals surface area (Å²) in [4.78, 5) is 12.9. The van der Waals surface area contributed by atoms with Crippen LogP contribution in [0.15, 0.2) is 91.0 Å². The van der Waals surface area contributed by atoms with Crippen molar-refractivity contribution in [1.82, 2.24) is 0 Å². The molecule has 0 saturated heterocycles. The molecule has 3 aromatic carbocycles.